The topological polar surface area (TPSA) is 42.0 Å². The molecule has 1 aromatic rings. The summed E-state index contributed by atoms with van der Waals surface area (Å²) < 4.78 is 10.9. The molecule has 1 amide bonds. The summed E-state index contributed by atoms with van der Waals surface area (Å²) in [5, 5.41) is 0. The van der Waals surface area contributed by atoms with Crippen molar-refractivity contribution in [2.45, 2.75) is 50.6 Å². The highest BCUT2D eigenvalue weighted by molar-refractivity contribution is 5.76. The molecule has 2 aliphatic heterocycles. The fraction of sp³-hybridized carbons (Fsp3) is 0.650. The quantitative estimate of drug-likeness (QED) is 0.712. The molecule has 3 rings (SSSR count). The zero-order chi connectivity index (χ0) is 17.6. The number of likely N-dealkylation sites (tertiary alicyclic amines) is 2. The van der Waals surface area contributed by atoms with Crippen LogP contribution in [0.5, 0.6) is 11.5 Å². The molecule has 2 heterocycles. The van der Waals surface area contributed by atoms with E-state index in [0.717, 1.165) is 37.3 Å². The van der Waals surface area contributed by atoms with Crippen molar-refractivity contribution in [1.82, 2.24) is 9.80 Å². The molecule has 5 nitrogen and oxygen atoms in total. The minimum absolute atomic E-state index is 0.293. The number of carbonyl (C=O) groups is 1. The fourth-order valence-electron chi connectivity index (χ4n) is 4.15. The molecule has 0 saturated carbocycles. The molecule has 5 heteroatoms. The average molecular weight is 346 g/mol. The van der Waals surface area contributed by atoms with E-state index in [1.807, 2.05) is 24.3 Å². The summed E-state index contributed by atoms with van der Waals surface area (Å²) in [6, 6.07) is 8.53. The van der Waals surface area contributed by atoms with Gasteiger partial charge in [-0.15, -0.1) is 0 Å². The van der Waals surface area contributed by atoms with E-state index in [0.29, 0.717) is 31.0 Å². The van der Waals surface area contributed by atoms with Gasteiger partial charge in [-0.2, -0.15) is 0 Å². The van der Waals surface area contributed by atoms with E-state index >= 15 is 0 Å². The third kappa shape index (κ3) is 4.46. The predicted octanol–water partition coefficient (Wildman–Crippen LogP) is 2.94. The standard InChI is InChI=1S/C20H30N2O3/c1-21-13-3-6-18(21)19-7-4-14-22(19)20(23)8-5-15-25-17-11-9-16(24-2)10-12-17/h9-12,18-19H,3-8,13-15H2,1-2H3. The Kier molecular flexibility index (Phi) is 6.19. The molecule has 0 bridgehead atoms. The molecule has 0 radical (unpaired) electrons. The second-order valence-corrected chi connectivity index (χ2v) is 7.11. The van der Waals surface area contributed by atoms with Crippen LogP contribution in [0.2, 0.25) is 0 Å². The van der Waals surface area contributed by atoms with Gasteiger partial charge in [0.05, 0.1) is 13.7 Å². The van der Waals surface area contributed by atoms with Crippen LogP contribution in [0, 0.1) is 0 Å². The van der Waals surface area contributed by atoms with E-state index in [9.17, 15) is 4.79 Å². The number of benzene rings is 1. The largest absolute Gasteiger partial charge is 0.497 e. The Hall–Kier alpha value is -1.75. The number of methoxy groups -OCH3 is 1. The maximum atomic E-state index is 12.6. The number of carbonyl (C=O) groups excluding carboxylic acids is 1. The van der Waals surface area contributed by atoms with Crippen LogP contribution in [-0.4, -0.2) is 61.6 Å². The highest BCUT2D eigenvalue weighted by Crippen LogP contribution is 2.29. The van der Waals surface area contributed by atoms with Crippen LogP contribution < -0.4 is 9.47 Å². The summed E-state index contributed by atoms with van der Waals surface area (Å²) in [6.45, 7) is 2.66. The van der Waals surface area contributed by atoms with E-state index in [1.165, 1.54) is 19.4 Å². The van der Waals surface area contributed by atoms with Crippen LogP contribution in [0.1, 0.15) is 38.5 Å². The molecule has 0 spiro atoms. The maximum Gasteiger partial charge on any atom is 0.222 e. The zero-order valence-corrected chi connectivity index (χ0v) is 15.4. The smallest absolute Gasteiger partial charge is 0.222 e. The van der Waals surface area contributed by atoms with Crippen molar-refractivity contribution in [3.05, 3.63) is 24.3 Å². The molecule has 0 aliphatic carbocycles. The molecule has 0 N–H and O–H groups in total. The fourth-order valence-corrected chi connectivity index (χ4v) is 4.15. The summed E-state index contributed by atoms with van der Waals surface area (Å²) in [5.74, 6) is 1.93. The summed E-state index contributed by atoms with van der Waals surface area (Å²) in [5.41, 5.74) is 0. The zero-order valence-electron chi connectivity index (χ0n) is 15.4. The number of hydrogen-bond acceptors (Lipinski definition) is 4. The number of nitrogens with zero attached hydrogens (tertiary/aromatic N) is 2. The van der Waals surface area contributed by atoms with Gasteiger partial charge in [-0.05, 0) is 70.0 Å². The minimum atomic E-state index is 0.293. The van der Waals surface area contributed by atoms with Gasteiger partial charge in [-0.3, -0.25) is 4.79 Å². The summed E-state index contributed by atoms with van der Waals surface area (Å²) in [4.78, 5) is 17.2. The van der Waals surface area contributed by atoms with Gasteiger partial charge in [0.2, 0.25) is 5.91 Å². The van der Waals surface area contributed by atoms with E-state index in [2.05, 4.69) is 16.8 Å². The molecular formula is C20H30N2O3. The molecule has 2 saturated heterocycles. The third-order valence-corrected chi connectivity index (χ3v) is 5.50. The first kappa shape index (κ1) is 18.1. The van der Waals surface area contributed by atoms with Crippen LogP contribution >= 0.6 is 0 Å². The highest BCUT2D eigenvalue weighted by Gasteiger charge is 2.37. The van der Waals surface area contributed by atoms with E-state index in [-0.39, 0.29) is 0 Å². The van der Waals surface area contributed by atoms with Gasteiger partial charge in [0.15, 0.2) is 0 Å². The Morgan fingerprint density at radius 3 is 2.44 bits per heavy atom. The summed E-state index contributed by atoms with van der Waals surface area (Å²) in [6.07, 6.45) is 6.12. The van der Waals surface area contributed by atoms with Gasteiger partial charge in [0.25, 0.3) is 0 Å². The van der Waals surface area contributed by atoms with Crippen molar-refractivity contribution in [3.8, 4) is 11.5 Å². The number of amides is 1. The lowest BCUT2D eigenvalue weighted by Gasteiger charge is -2.33. The first-order valence-electron chi connectivity index (χ1n) is 9.45. The Labute approximate surface area is 150 Å². The molecule has 1 aromatic carbocycles. The molecule has 2 unspecified atom stereocenters. The molecular weight excluding hydrogens is 316 g/mol. The van der Waals surface area contributed by atoms with Gasteiger partial charge in [-0.25, -0.2) is 0 Å². The second-order valence-electron chi connectivity index (χ2n) is 7.11. The van der Waals surface area contributed by atoms with E-state index < -0.39 is 0 Å². The van der Waals surface area contributed by atoms with Crippen molar-refractivity contribution in [1.29, 1.82) is 0 Å². The Bertz CT molecular complexity index is 561. The van der Waals surface area contributed by atoms with Crippen molar-refractivity contribution >= 4 is 5.91 Å². The first-order valence-corrected chi connectivity index (χ1v) is 9.45. The SMILES string of the molecule is COc1ccc(OCCCC(=O)N2CCCC2C2CCCN2C)cc1. The molecule has 2 fully saturated rings. The van der Waals surface area contributed by atoms with Crippen LogP contribution in [0.25, 0.3) is 0 Å². The third-order valence-electron chi connectivity index (χ3n) is 5.50. The summed E-state index contributed by atoms with van der Waals surface area (Å²) in [7, 11) is 3.85. The number of rotatable bonds is 7. The minimum Gasteiger partial charge on any atom is -0.497 e. The predicted molar refractivity (Wildman–Crippen MR) is 98.1 cm³/mol. The molecule has 25 heavy (non-hydrogen) atoms. The number of ether oxygens (including phenoxy) is 2. The molecule has 138 valence electrons. The first-order chi connectivity index (χ1) is 12.2. The monoisotopic (exact) mass is 346 g/mol. The van der Waals surface area contributed by atoms with Crippen molar-refractivity contribution in [3.63, 3.8) is 0 Å². The van der Waals surface area contributed by atoms with Crippen molar-refractivity contribution in [2.24, 2.45) is 0 Å². The Morgan fingerprint density at radius 1 is 1.08 bits per heavy atom. The van der Waals surface area contributed by atoms with Gasteiger partial charge in [0, 0.05) is 25.0 Å². The average Bonchev–Trinajstić information content (AvgIpc) is 3.27. The van der Waals surface area contributed by atoms with Gasteiger partial charge in [-0.1, -0.05) is 0 Å². The molecule has 2 atom stereocenters. The van der Waals surface area contributed by atoms with Gasteiger partial charge >= 0.3 is 0 Å². The van der Waals surface area contributed by atoms with Crippen LogP contribution in [0.3, 0.4) is 0 Å². The Morgan fingerprint density at radius 2 is 1.76 bits per heavy atom. The van der Waals surface area contributed by atoms with Crippen LogP contribution in [0.15, 0.2) is 24.3 Å². The molecule has 2 aliphatic rings. The lowest BCUT2D eigenvalue weighted by Crippen LogP contribution is -2.47. The van der Waals surface area contributed by atoms with Gasteiger partial charge < -0.3 is 19.3 Å². The number of likely N-dealkylation sites (N-methyl/N-ethyl adjacent to an activating group) is 1. The lowest BCUT2D eigenvalue weighted by molar-refractivity contribution is -0.133. The van der Waals surface area contributed by atoms with Crippen molar-refractivity contribution in [2.75, 3.05) is 33.9 Å². The van der Waals surface area contributed by atoms with Crippen LogP contribution in [-0.2, 0) is 4.79 Å². The highest BCUT2D eigenvalue weighted by atomic mass is 16.5. The maximum absolute atomic E-state index is 12.6. The normalized spacial score (nSPS) is 23.8. The van der Waals surface area contributed by atoms with Crippen molar-refractivity contribution < 1.29 is 14.3 Å². The van der Waals surface area contributed by atoms with E-state index in [1.54, 1.807) is 7.11 Å². The summed E-state index contributed by atoms with van der Waals surface area (Å²) >= 11 is 0. The Balaban J connectivity index is 1.42. The lowest BCUT2D eigenvalue weighted by atomic mass is 10.0. The van der Waals surface area contributed by atoms with Gasteiger partial charge in [0.1, 0.15) is 11.5 Å². The number of hydrogen-bond donors (Lipinski definition) is 0. The van der Waals surface area contributed by atoms with Crippen LogP contribution in [0.4, 0.5) is 0 Å². The second kappa shape index (κ2) is 8.56. The van der Waals surface area contributed by atoms with E-state index in [4.69, 9.17) is 9.47 Å². The molecule has 0 aromatic heterocycles.